The van der Waals surface area contributed by atoms with Crippen LogP contribution in [0.4, 0.5) is 5.69 Å². The molecule has 0 amide bonds. The zero-order valence-electron chi connectivity index (χ0n) is 13.2. The number of carboxylic acid groups (broad SMARTS) is 1. The van der Waals surface area contributed by atoms with E-state index in [0.717, 1.165) is 23.6 Å². The highest BCUT2D eigenvalue weighted by atomic mass is 35.5. The van der Waals surface area contributed by atoms with Crippen molar-refractivity contribution >= 4 is 23.3 Å². The first kappa shape index (κ1) is 16.7. The first-order valence-electron chi connectivity index (χ1n) is 8.10. The molecule has 2 aromatic carbocycles. The molecule has 0 radical (unpaired) electrons. The number of rotatable bonds is 6. The standard InChI is InChI=1S/C19H20ClNO3/c20-15-6-8-16(9-7-15)21-18-3-1-2-14(18)12-24-17-10-4-13(5-11-17)19(22)23/h4-11,14,18,21H,1-3,12H2,(H,22,23). The number of aromatic carboxylic acids is 1. The average Bonchev–Trinajstić information content (AvgIpc) is 3.02. The third-order valence-electron chi connectivity index (χ3n) is 4.42. The molecule has 126 valence electrons. The highest BCUT2D eigenvalue weighted by Gasteiger charge is 2.27. The predicted molar refractivity (Wildman–Crippen MR) is 95.1 cm³/mol. The van der Waals surface area contributed by atoms with Crippen LogP contribution in [0.3, 0.4) is 0 Å². The van der Waals surface area contributed by atoms with E-state index in [-0.39, 0.29) is 5.56 Å². The van der Waals surface area contributed by atoms with Crippen LogP contribution in [0.5, 0.6) is 5.75 Å². The van der Waals surface area contributed by atoms with Gasteiger partial charge in [0.05, 0.1) is 12.2 Å². The fourth-order valence-corrected chi connectivity index (χ4v) is 3.21. The van der Waals surface area contributed by atoms with E-state index in [0.29, 0.717) is 24.3 Å². The molecule has 0 aliphatic heterocycles. The molecule has 2 aromatic rings. The summed E-state index contributed by atoms with van der Waals surface area (Å²) in [6, 6.07) is 14.7. The second kappa shape index (κ2) is 7.58. The maximum absolute atomic E-state index is 10.9. The summed E-state index contributed by atoms with van der Waals surface area (Å²) in [5, 5.41) is 13.2. The van der Waals surface area contributed by atoms with Crippen molar-refractivity contribution in [3.8, 4) is 5.75 Å². The third-order valence-corrected chi connectivity index (χ3v) is 4.67. The summed E-state index contributed by atoms with van der Waals surface area (Å²) in [5.74, 6) is 0.210. The topological polar surface area (TPSA) is 58.6 Å². The predicted octanol–water partition coefficient (Wildman–Crippen LogP) is 4.70. The molecule has 2 unspecified atom stereocenters. The van der Waals surface area contributed by atoms with Gasteiger partial charge in [-0.25, -0.2) is 4.79 Å². The molecule has 4 nitrogen and oxygen atoms in total. The number of halogens is 1. The van der Waals surface area contributed by atoms with Gasteiger partial charge in [-0.05, 0) is 61.4 Å². The molecule has 0 aromatic heterocycles. The molecule has 2 atom stereocenters. The molecule has 0 heterocycles. The summed E-state index contributed by atoms with van der Waals surface area (Å²) in [6.07, 6.45) is 3.42. The fourth-order valence-electron chi connectivity index (χ4n) is 3.08. The zero-order chi connectivity index (χ0) is 16.9. The second-order valence-electron chi connectivity index (χ2n) is 6.09. The highest BCUT2D eigenvalue weighted by molar-refractivity contribution is 6.30. The molecule has 5 heteroatoms. The van der Waals surface area contributed by atoms with Gasteiger partial charge in [-0.2, -0.15) is 0 Å². The van der Waals surface area contributed by atoms with Crippen LogP contribution in [0.1, 0.15) is 29.6 Å². The third kappa shape index (κ3) is 4.20. The molecule has 24 heavy (non-hydrogen) atoms. The van der Waals surface area contributed by atoms with Crippen molar-refractivity contribution in [2.24, 2.45) is 5.92 Å². The molecular formula is C19H20ClNO3. The zero-order valence-corrected chi connectivity index (χ0v) is 14.0. The number of hydrogen-bond acceptors (Lipinski definition) is 3. The molecule has 2 N–H and O–H groups in total. The quantitative estimate of drug-likeness (QED) is 0.796. The number of hydrogen-bond donors (Lipinski definition) is 2. The number of carboxylic acids is 1. The molecule has 1 saturated carbocycles. The molecule has 3 rings (SSSR count). The second-order valence-corrected chi connectivity index (χ2v) is 6.53. The summed E-state index contributed by atoms with van der Waals surface area (Å²) < 4.78 is 5.86. The van der Waals surface area contributed by atoms with Crippen LogP contribution in [-0.2, 0) is 0 Å². The van der Waals surface area contributed by atoms with Gasteiger partial charge in [0.2, 0.25) is 0 Å². The normalized spacial score (nSPS) is 19.9. The van der Waals surface area contributed by atoms with E-state index in [4.69, 9.17) is 21.4 Å². The van der Waals surface area contributed by atoms with E-state index in [1.54, 1.807) is 24.3 Å². The van der Waals surface area contributed by atoms with Crippen molar-refractivity contribution < 1.29 is 14.6 Å². The van der Waals surface area contributed by atoms with Crippen molar-refractivity contribution in [2.75, 3.05) is 11.9 Å². The molecule has 1 fully saturated rings. The van der Waals surface area contributed by atoms with Crippen LogP contribution in [0.15, 0.2) is 48.5 Å². The number of ether oxygens (including phenoxy) is 1. The number of benzene rings is 2. The van der Waals surface area contributed by atoms with Crippen LogP contribution in [-0.4, -0.2) is 23.7 Å². The average molecular weight is 346 g/mol. The smallest absolute Gasteiger partial charge is 0.335 e. The summed E-state index contributed by atoms with van der Waals surface area (Å²) in [7, 11) is 0. The van der Waals surface area contributed by atoms with E-state index in [1.165, 1.54) is 6.42 Å². The van der Waals surface area contributed by atoms with E-state index in [1.807, 2.05) is 24.3 Å². The monoisotopic (exact) mass is 345 g/mol. The molecule has 1 aliphatic rings. The largest absolute Gasteiger partial charge is 0.493 e. The van der Waals surface area contributed by atoms with Gasteiger partial charge in [-0.15, -0.1) is 0 Å². The van der Waals surface area contributed by atoms with Gasteiger partial charge in [0.1, 0.15) is 5.75 Å². The lowest BCUT2D eigenvalue weighted by atomic mass is 10.0. The van der Waals surface area contributed by atoms with Crippen LogP contribution in [0.25, 0.3) is 0 Å². The minimum Gasteiger partial charge on any atom is -0.493 e. The van der Waals surface area contributed by atoms with Crippen molar-refractivity contribution in [1.29, 1.82) is 0 Å². The Bertz CT molecular complexity index is 685. The Kier molecular flexibility index (Phi) is 5.26. The van der Waals surface area contributed by atoms with Crippen LogP contribution in [0.2, 0.25) is 5.02 Å². The van der Waals surface area contributed by atoms with E-state index in [9.17, 15) is 4.79 Å². The van der Waals surface area contributed by atoms with Gasteiger partial charge < -0.3 is 15.2 Å². The van der Waals surface area contributed by atoms with E-state index < -0.39 is 5.97 Å². The highest BCUT2D eigenvalue weighted by Crippen LogP contribution is 2.29. The lowest BCUT2D eigenvalue weighted by Crippen LogP contribution is -2.28. The van der Waals surface area contributed by atoms with Gasteiger partial charge in [-0.3, -0.25) is 0 Å². The summed E-state index contributed by atoms with van der Waals surface area (Å²) >= 11 is 5.92. The Morgan fingerprint density at radius 1 is 1.12 bits per heavy atom. The first-order chi connectivity index (χ1) is 11.6. The molecule has 0 saturated heterocycles. The van der Waals surface area contributed by atoms with E-state index in [2.05, 4.69) is 5.32 Å². The lowest BCUT2D eigenvalue weighted by molar-refractivity contribution is 0.0697. The maximum atomic E-state index is 10.9. The lowest BCUT2D eigenvalue weighted by Gasteiger charge is -2.22. The molecule has 0 bridgehead atoms. The van der Waals surface area contributed by atoms with Gasteiger partial charge in [-0.1, -0.05) is 18.0 Å². The molecule has 1 aliphatic carbocycles. The number of nitrogens with one attached hydrogen (secondary N) is 1. The van der Waals surface area contributed by atoms with Crippen LogP contribution < -0.4 is 10.1 Å². The van der Waals surface area contributed by atoms with Crippen LogP contribution >= 0.6 is 11.6 Å². The Morgan fingerprint density at radius 2 is 1.83 bits per heavy atom. The van der Waals surface area contributed by atoms with Crippen molar-refractivity contribution in [3.05, 3.63) is 59.1 Å². The molecular weight excluding hydrogens is 326 g/mol. The van der Waals surface area contributed by atoms with Gasteiger partial charge in [0.15, 0.2) is 0 Å². The van der Waals surface area contributed by atoms with Crippen molar-refractivity contribution in [1.82, 2.24) is 0 Å². The summed E-state index contributed by atoms with van der Waals surface area (Å²) in [5.41, 5.74) is 1.34. The summed E-state index contributed by atoms with van der Waals surface area (Å²) in [6.45, 7) is 0.623. The Hall–Kier alpha value is -2.20. The van der Waals surface area contributed by atoms with E-state index >= 15 is 0 Å². The molecule has 0 spiro atoms. The first-order valence-corrected chi connectivity index (χ1v) is 8.48. The Morgan fingerprint density at radius 3 is 2.50 bits per heavy atom. The minimum absolute atomic E-state index is 0.269. The van der Waals surface area contributed by atoms with Gasteiger partial charge in [0.25, 0.3) is 0 Å². The minimum atomic E-state index is -0.926. The maximum Gasteiger partial charge on any atom is 0.335 e. The number of carbonyl (C=O) groups is 1. The van der Waals surface area contributed by atoms with Gasteiger partial charge in [0, 0.05) is 22.7 Å². The number of anilines is 1. The van der Waals surface area contributed by atoms with Gasteiger partial charge >= 0.3 is 5.97 Å². The van der Waals surface area contributed by atoms with Crippen molar-refractivity contribution in [3.63, 3.8) is 0 Å². The van der Waals surface area contributed by atoms with Crippen molar-refractivity contribution in [2.45, 2.75) is 25.3 Å². The Balaban J connectivity index is 1.55. The Labute approximate surface area is 146 Å². The van der Waals surface area contributed by atoms with Crippen LogP contribution in [0, 0.1) is 5.92 Å². The summed E-state index contributed by atoms with van der Waals surface area (Å²) in [4.78, 5) is 10.9. The fraction of sp³-hybridized carbons (Fsp3) is 0.316. The SMILES string of the molecule is O=C(O)c1ccc(OCC2CCCC2Nc2ccc(Cl)cc2)cc1.